The minimum absolute atomic E-state index is 0.160. The van der Waals surface area contributed by atoms with E-state index in [-0.39, 0.29) is 11.6 Å². The van der Waals surface area contributed by atoms with Crippen molar-refractivity contribution >= 4 is 0 Å². The van der Waals surface area contributed by atoms with Crippen LogP contribution >= 0.6 is 0 Å². The SMILES string of the molecule is CCOC1(C(NN)c2ncccc2OC)CCCCCC1. The number of ether oxygens (including phenoxy) is 2. The van der Waals surface area contributed by atoms with Crippen LogP contribution in [0.25, 0.3) is 0 Å². The molecule has 1 heterocycles. The van der Waals surface area contributed by atoms with Gasteiger partial charge in [0.2, 0.25) is 0 Å². The highest BCUT2D eigenvalue weighted by Crippen LogP contribution is 2.41. The Balaban J connectivity index is 2.38. The molecule has 0 amide bonds. The van der Waals surface area contributed by atoms with E-state index in [0.29, 0.717) is 6.61 Å². The van der Waals surface area contributed by atoms with Crippen molar-refractivity contribution in [1.29, 1.82) is 0 Å². The third-order valence-electron chi connectivity index (χ3n) is 4.37. The lowest BCUT2D eigenvalue weighted by atomic mass is 9.84. The normalized spacial score (nSPS) is 19.8. The van der Waals surface area contributed by atoms with Crippen molar-refractivity contribution in [1.82, 2.24) is 10.4 Å². The van der Waals surface area contributed by atoms with E-state index >= 15 is 0 Å². The average molecular weight is 293 g/mol. The number of nitrogens with zero attached hydrogens (tertiary/aromatic N) is 1. The molecule has 0 saturated heterocycles. The van der Waals surface area contributed by atoms with Gasteiger partial charge in [0.15, 0.2) is 0 Å². The zero-order valence-electron chi connectivity index (χ0n) is 13.1. The lowest BCUT2D eigenvalue weighted by molar-refractivity contribution is -0.0796. The molecule has 1 atom stereocenters. The van der Waals surface area contributed by atoms with Gasteiger partial charge in [0, 0.05) is 12.8 Å². The first-order valence-corrected chi connectivity index (χ1v) is 7.86. The summed E-state index contributed by atoms with van der Waals surface area (Å²) in [5.74, 6) is 6.65. The summed E-state index contributed by atoms with van der Waals surface area (Å²) in [7, 11) is 1.66. The van der Waals surface area contributed by atoms with Crippen LogP contribution in [0.15, 0.2) is 18.3 Å². The fourth-order valence-corrected chi connectivity index (χ4v) is 3.40. The number of nitrogens with one attached hydrogen (secondary N) is 1. The Morgan fingerprint density at radius 1 is 1.33 bits per heavy atom. The maximum Gasteiger partial charge on any atom is 0.142 e. The molecular weight excluding hydrogens is 266 g/mol. The lowest BCUT2D eigenvalue weighted by Gasteiger charge is -2.39. The van der Waals surface area contributed by atoms with Crippen LogP contribution in [0, 0.1) is 0 Å². The van der Waals surface area contributed by atoms with Crippen LogP contribution in [0.4, 0.5) is 0 Å². The number of aromatic nitrogens is 1. The van der Waals surface area contributed by atoms with Crippen molar-refractivity contribution < 1.29 is 9.47 Å². The quantitative estimate of drug-likeness (QED) is 0.479. The van der Waals surface area contributed by atoms with E-state index in [4.69, 9.17) is 15.3 Å². The number of hydrazine groups is 1. The van der Waals surface area contributed by atoms with Crippen LogP contribution in [0.3, 0.4) is 0 Å². The molecule has 5 nitrogen and oxygen atoms in total. The minimum Gasteiger partial charge on any atom is -0.495 e. The van der Waals surface area contributed by atoms with Gasteiger partial charge in [0.05, 0.1) is 18.8 Å². The van der Waals surface area contributed by atoms with Crippen LogP contribution in [0.5, 0.6) is 5.75 Å². The summed E-state index contributed by atoms with van der Waals surface area (Å²) < 4.78 is 11.7. The minimum atomic E-state index is -0.304. The molecule has 2 rings (SSSR count). The van der Waals surface area contributed by atoms with E-state index < -0.39 is 0 Å². The summed E-state index contributed by atoms with van der Waals surface area (Å²) in [4.78, 5) is 4.51. The Morgan fingerprint density at radius 3 is 2.62 bits per heavy atom. The molecule has 1 unspecified atom stereocenters. The van der Waals surface area contributed by atoms with Gasteiger partial charge in [0.25, 0.3) is 0 Å². The first-order valence-electron chi connectivity index (χ1n) is 7.86. The Hall–Kier alpha value is -1.17. The number of methoxy groups -OCH3 is 1. The van der Waals surface area contributed by atoms with Gasteiger partial charge < -0.3 is 9.47 Å². The van der Waals surface area contributed by atoms with Crippen LogP contribution in [-0.4, -0.2) is 24.3 Å². The molecule has 0 aromatic carbocycles. The van der Waals surface area contributed by atoms with Gasteiger partial charge in [-0.2, -0.15) is 0 Å². The predicted molar refractivity (Wildman–Crippen MR) is 82.9 cm³/mol. The van der Waals surface area contributed by atoms with Gasteiger partial charge in [-0.15, -0.1) is 0 Å². The molecule has 0 spiro atoms. The molecule has 1 aromatic heterocycles. The lowest BCUT2D eigenvalue weighted by Crippen LogP contribution is -2.49. The smallest absolute Gasteiger partial charge is 0.142 e. The molecule has 0 bridgehead atoms. The third kappa shape index (κ3) is 3.54. The number of hydrogen-bond donors (Lipinski definition) is 2. The average Bonchev–Trinajstić information content (AvgIpc) is 2.75. The number of rotatable bonds is 6. The van der Waals surface area contributed by atoms with Crippen molar-refractivity contribution in [3.8, 4) is 5.75 Å². The Kier molecular flexibility index (Phi) is 5.96. The Morgan fingerprint density at radius 2 is 2.05 bits per heavy atom. The van der Waals surface area contributed by atoms with Crippen LogP contribution < -0.4 is 16.0 Å². The topological polar surface area (TPSA) is 69.4 Å². The van der Waals surface area contributed by atoms with E-state index in [1.165, 1.54) is 12.8 Å². The standard InChI is InChI=1S/C16H27N3O2/c1-3-21-16(10-6-4-5-7-11-16)15(19-17)14-13(20-2)9-8-12-18-14/h8-9,12,15,19H,3-7,10-11,17H2,1-2H3. The zero-order valence-corrected chi connectivity index (χ0v) is 13.1. The molecule has 1 fully saturated rings. The first kappa shape index (κ1) is 16.2. The maximum absolute atomic E-state index is 6.22. The van der Waals surface area contributed by atoms with Gasteiger partial charge in [0.1, 0.15) is 11.4 Å². The van der Waals surface area contributed by atoms with Crippen molar-refractivity contribution in [3.63, 3.8) is 0 Å². The Bertz CT molecular complexity index is 431. The highest BCUT2D eigenvalue weighted by Gasteiger charge is 2.42. The molecule has 1 aliphatic rings. The summed E-state index contributed by atoms with van der Waals surface area (Å²) >= 11 is 0. The second-order valence-electron chi connectivity index (χ2n) is 5.60. The molecule has 1 aliphatic carbocycles. The highest BCUT2D eigenvalue weighted by atomic mass is 16.5. The van der Waals surface area contributed by atoms with Gasteiger partial charge >= 0.3 is 0 Å². The molecule has 118 valence electrons. The fraction of sp³-hybridized carbons (Fsp3) is 0.688. The van der Waals surface area contributed by atoms with E-state index in [9.17, 15) is 0 Å². The van der Waals surface area contributed by atoms with Crippen molar-refractivity contribution in [2.75, 3.05) is 13.7 Å². The fourth-order valence-electron chi connectivity index (χ4n) is 3.40. The summed E-state index contributed by atoms with van der Waals surface area (Å²) in [6.07, 6.45) is 8.60. The molecule has 5 heteroatoms. The molecule has 1 saturated carbocycles. The summed E-state index contributed by atoms with van der Waals surface area (Å²) in [5.41, 5.74) is 3.48. The van der Waals surface area contributed by atoms with E-state index in [0.717, 1.165) is 37.1 Å². The first-order chi connectivity index (χ1) is 10.3. The van der Waals surface area contributed by atoms with Crippen molar-refractivity contribution in [3.05, 3.63) is 24.0 Å². The van der Waals surface area contributed by atoms with Gasteiger partial charge in [-0.05, 0) is 31.9 Å². The second-order valence-corrected chi connectivity index (χ2v) is 5.60. The van der Waals surface area contributed by atoms with Crippen LogP contribution in [0.1, 0.15) is 57.2 Å². The van der Waals surface area contributed by atoms with Crippen molar-refractivity contribution in [2.45, 2.75) is 57.1 Å². The third-order valence-corrected chi connectivity index (χ3v) is 4.37. The number of hydrogen-bond acceptors (Lipinski definition) is 5. The largest absolute Gasteiger partial charge is 0.495 e. The van der Waals surface area contributed by atoms with E-state index in [2.05, 4.69) is 10.4 Å². The van der Waals surface area contributed by atoms with Crippen LogP contribution in [0.2, 0.25) is 0 Å². The molecule has 3 N–H and O–H groups in total. The number of pyridine rings is 1. The monoisotopic (exact) mass is 293 g/mol. The maximum atomic E-state index is 6.22. The van der Waals surface area contributed by atoms with Crippen molar-refractivity contribution in [2.24, 2.45) is 5.84 Å². The number of nitrogens with two attached hydrogens (primary N) is 1. The summed E-state index contributed by atoms with van der Waals surface area (Å²) in [6, 6.07) is 3.63. The van der Waals surface area contributed by atoms with Gasteiger partial charge in [-0.25, -0.2) is 5.43 Å². The van der Waals surface area contributed by atoms with Crippen LogP contribution in [-0.2, 0) is 4.74 Å². The molecular formula is C16H27N3O2. The predicted octanol–water partition coefficient (Wildman–Crippen LogP) is 2.72. The van der Waals surface area contributed by atoms with Gasteiger partial charge in [-0.1, -0.05) is 25.7 Å². The molecule has 1 aromatic rings. The van der Waals surface area contributed by atoms with Gasteiger partial charge in [-0.3, -0.25) is 10.8 Å². The summed E-state index contributed by atoms with van der Waals surface area (Å²) in [5, 5.41) is 0. The summed E-state index contributed by atoms with van der Waals surface area (Å²) in [6.45, 7) is 2.71. The molecule has 21 heavy (non-hydrogen) atoms. The second kappa shape index (κ2) is 7.73. The van der Waals surface area contributed by atoms with E-state index in [1.807, 2.05) is 19.1 Å². The zero-order chi connectivity index (χ0) is 15.1. The molecule has 0 aliphatic heterocycles. The highest BCUT2D eigenvalue weighted by molar-refractivity contribution is 5.31. The van der Waals surface area contributed by atoms with E-state index in [1.54, 1.807) is 13.3 Å². The Labute approximate surface area is 127 Å². The molecule has 0 radical (unpaired) electrons.